The summed E-state index contributed by atoms with van der Waals surface area (Å²) in [5.41, 5.74) is 3.68. The van der Waals surface area contributed by atoms with Crippen LogP contribution in [0.4, 0.5) is 0 Å². The molecule has 2 aliphatic carbocycles. The van der Waals surface area contributed by atoms with Crippen LogP contribution in [0.15, 0.2) is 121 Å². The highest BCUT2D eigenvalue weighted by molar-refractivity contribution is 7.33. The van der Waals surface area contributed by atoms with Crippen molar-refractivity contribution in [2.45, 2.75) is 101 Å². The Bertz CT molecular complexity index is 1270. The van der Waals surface area contributed by atoms with Gasteiger partial charge in [-0.25, -0.2) is 0 Å². The van der Waals surface area contributed by atoms with Crippen LogP contribution < -0.4 is 0 Å². The molecular formula is C42H51O3P. The van der Waals surface area contributed by atoms with Gasteiger partial charge < -0.3 is 9.05 Å². The standard InChI is InChI=1S/C42H51O3P/c43-46(44-41(39-27-15-5-16-28-39,31-35-19-7-1-8-20-35)32-36-21-9-2-10-22-36)45-42(40-29-17-6-18-30-40,33-37-23-11-3-12-24-37)34-38-25-13-4-14-26-38/h1-4,7-14,19-26,39-40,46H,5-6,15-18,27-34H2. The van der Waals surface area contributed by atoms with E-state index >= 15 is 0 Å². The summed E-state index contributed by atoms with van der Waals surface area (Å²) in [5, 5.41) is 0. The fourth-order valence-electron chi connectivity index (χ4n) is 8.39. The number of hydrogen-bond acceptors (Lipinski definition) is 3. The molecule has 2 aliphatic rings. The van der Waals surface area contributed by atoms with Crippen LogP contribution in [-0.4, -0.2) is 11.2 Å². The van der Waals surface area contributed by atoms with E-state index in [2.05, 4.69) is 121 Å². The van der Waals surface area contributed by atoms with Crippen molar-refractivity contribution in [3.05, 3.63) is 144 Å². The Labute approximate surface area is 277 Å². The second-order valence-electron chi connectivity index (χ2n) is 13.9. The van der Waals surface area contributed by atoms with Gasteiger partial charge >= 0.3 is 8.25 Å². The lowest BCUT2D eigenvalue weighted by molar-refractivity contribution is -0.0536. The summed E-state index contributed by atoms with van der Waals surface area (Å²) >= 11 is 0. The third-order valence-electron chi connectivity index (χ3n) is 10.7. The summed E-state index contributed by atoms with van der Waals surface area (Å²) in [5.74, 6) is 0.623. The van der Waals surface area contributed by atoms with Crippen molar-refractivity contribution >= 4 is 8.25 Å². The van der Waals surface area contributed by atoms with Crippen molar-refractivity contribution < 1.29 is 13.6 Å². The summed E-state index contributed by atoms with van der Waals surface area (Å²) < 4.78 is 29.1. The lowest BCUT2D eigenvalue weighted by Gasteiger charge is -2.46. The summed E-state index contributed by atoms with van der Waals surface area (Å²) in [7, 11) is -2.92. The molecule has 0 radical (unpaired) electrons. The Morgan fingerprint density at radius 3 is 0.957 bits per heavy atom. The van der Waals surface area contributed by atoms with Crippen molar-refractivity contribution in [2.24, 2.45) is 11.8 Å². The Morgan fingerprint density at radius 1 is 0.435 bits per heavy atom. The first-order chi connectivity index (χ1) is 22.6. The molecule has 0 aromatic heterocycles. The third-order valence-corrected chi connectivity index (χ3v) is 11.8. The molecule has 4 heteroatoms. The average Bonchev–Trinajstić information content (AvgIpc) is 3.10. The van der Waals surface area contributed by atoms with E-state index in [-0.39, 0.29) is 0 Å². The van der Waals surface area contributed by atoms with E-state index in [1.807, 2.05) is 0 Å². The number of benzene rings is 4. The molecule has 0 aliphatic heterocycles. The van der Waals surface area contributed by atoms with Gasteiger partial charge in [0, 0.05) is 25.7 Å². The van der Waals surface area contributed by atoms with Crippen molar-refractivity contribution in [2.75, 3.05) is 0 Å². The molecule has 3 nitrogen and oxygen atoms in total. The molecule has 0 bridgehead atoms. The molecule has 0 spiro atoms. The van der Waals surface area contributed by atoms with E-state index in [4.69, 9.17) is 9.05 Å². The fourth-order valence-corrected chi connectivity index (χ4v) is 9.72. The molecule has 0 saturated heterocycles. The van der Waals surface area contributed by atoms with Crippen LogP contribution in [-0.2, 0) is 39.3 Å². The molecule has 0 heterocycles. The van der Waals surface area contributed by atoms with Gasteiger partial charge in [-0.1, -0.05) is 160 Å². The highest BCUT2D eigenvalue weighted by atomic mass is 31.1. The molecule has 4 aromatic carbocycles. The third kappa shape index (κ3) is 8.68. The molecule has 0 amide bonds. The summed E-state index contributed by atoms with van der Waals surface area (Å²) in [4.78, 5) is 0. The van der Waals surface area contributed by atoms with Gasteiger partial charge in [-0.05, 0) is 59.8 Å². The summed E-state index contributed by atoms with van der Waals surface area (Å²) in [6, 6.07) is 42.7. The van der Waals surface area contributed by atoms with Crippen LogP contribution in [0.2, 0.25) is 0 Å². The van der Waals surface area contributed by atoms with Crippen LogP contribution in [0.1, 0.15) is 86.5 Å². The zero-order valence-corrected chi connectivity index (χ0v) is 28.3. The number of rotatable bonds is 14. The van der Waals surface area contributed by atoms with E-state index in [9.17, 15) is 4.57 Å². The summed E-state index contributed by atoms with van der Waals surface area (Å²) in [6.07, 6.45) is 14.5. The minimum absolute atomic E-state index is 0.312. The highest BCUT2D eigenvalue weighted by Crippen LogP contribution is 2.51. The van der Waals surface area contributed by atoms with E-state index in [0.717, 1.165) is 51.4 Å². The second-order valence-corrected chi connectivity index (χ2v) is 14.8. The van der Waals surface area contributed by atoms with E-state index in [1.54, 1.807) is 0 Å². The first-order valence-corrected chi connectivity index (χ1v) is 18.9. The molecule has 4 aromatic rings. The highest BCUT2D eigenvalue weighted by Gasteiger charge is 2.46. The first-order valence-electron chi connectivity index (χ1n) is 17.7. The van der Waals surface area contributed by atoms with Gasteiger partial charge in [0.25, 0.3) is 0 Å². The summed E-state index contributed by atoms with van der Waals surface area (Å²) in [6.45, 7) is 0. The molecule has 2 fully saturated rings. The van der Waals surface area contributed by atoms with E-state index in [0.29, 0.717) is 11.8 Å². The van der Waals surface area contributed by atoms with E-state index in [1.165, 1.54) is 60.8 Å². The van der Waals surface area contributed by atoms with Crippen LogP contribution >= 0.6 is 8.25 Å². The lowest BCUT2D eigenvalue weighted by Crippen LogP contribution is -2.47. The maximum absolute atomic E-state index is 14.9. The molecule has 0 N–H and O–H groups in total. The molecule has 242 valence electrons. The first kappa shape index (κ1) is 33.0. The van der Waals surface area contributed by atoms with Crippen molar-refractivity contribution in [3.63, 3.8) is 0 Å². The zero-order chi connectivity index (χ0) is 31.5. The van der Waals surface area contributed by atoms with Crippen molar-refractivity contribution in [1.82, 2.24) is 0 Å². The molecule has 46 heavy (non-hydrogen) atoms. The Hall–Kier alpha value is -2.97. The van der Waals surface area contributed by atoms with Gasteiger partial charge in [0.2, 0.25) is 0 Å². The molecule has 2 saturated carbocycles. The van der Waals surface area contributed by atoms with Gasteiger partial charge in [-0.2, -0.15) is 0 Å². The Morgan fingerprint density at radius 2 is 0.696 bits per heavy atom. The minimum atomic E-state index is -2.92. The monoisotopic (exact) mass is 634 g/mol. The van der Waals surface area contributed by atoms with Gasteiger partial charge in [-0.15, -0.1) is 0 Å². The SMILES string of the molecule is O=[PH](OC(Cc1ccccc1)(Cc1ccccc1)C1CCCCC1)OC(Cc1ccccc1)(Cc1ccccc1)C1CCCCC1. The minimum Gasteiger partial charge on any atom is -0.303 e. The van der Waals surface area contributed by atoms with E-state index < -0.39 is 19.5 Å². The van der Waals surface area contributed by atoms with Crippen LogP contribution in [0.25, 0.3) is 0 Å². The van der Waals surface area contributed by atoms with Crippen LogP contribution in [0, 0.1) is 11.8 Å². The fraction of sp³-hybridized carbons (Fsp3) is 0.429. The normalized spacial score (nSPS) is 16.9. The maximum Gasteiger partial charge on any atom is 0.320 e. The predicted octanol–water partition coefficient (Wildman–Crippen LogP) is 11.0. The van der Waals surface area contributed by atoms with Crippen LogP contribution in [0.5, 0.6) is 0 Å². The van der Waals surface area contributed by atoms with Gasteiger partial charge in [-0.3, -0.25) is 4.57 Å². The molecule has 0 unspecified atom stereocenters. The topological polar surface area (TPSA) is 35.5 Å². The second kappa shape index (κ2) is 16.2. The Kier molecular flexibility index (Phi) is 11.6. The van der Waals surface area contributed by atoms with Crippen molar-refractivity contribution in [3.8, 4) is 0 Å². The average molecular weight is 635 g/mol. The Balaban J connectivity index is 1.39. The maximum atomic E-state index is 14.9. The zero-order valence-electron chi connectivity index (χ0n) is 27.3. The van der Waals surface area contributed by atoms with Crippen LogP contribution in [0.3, 0.4) is 0 Å². The molecule has 6 rings (SSSR count). The predicted molar refractivity (Wildman–Crippen MR) is 190 cm³/mol. The van der Waals surface area contributed by atoms with Crippen molar-refractivity contribution in [1.29, 1.82) is 0 Å². The van der Waals surface area contributed by atoms with Gasteiger partial charge in [0.15, 0.2) is 0 Å². The quantitative estimate of drug-likeness (QED) is 0.130. The van der Waals surface area contributed by atoms with Gasteiger partial charge in [0.05, 0.1) is 11.2 Å². The molecular weight excluding hydrogens is 583 g/mol. The van der Waals surface area contributed by atoms with Gasteiger partial charge in [0.1, 0.15) is 0 Å². The largest absolute Gasteiger partial charge is 0.320 e. The number of hydrogen-bond donors (Lipinski definition) is 0. The smallest absolute Gasteiger partial charge is 0.303 e. The lowest BCUT2D eigenvalue weighted by atomic mass is 9.71. The molecule has 0 atom stereocenters.